The van der Waals surface area contributed by atoms with E-state index in [1.54, 1.807) is 30.3 Å². The fourth-order valence-electron chi connectivity index (χ4n) is 4.76. The molecule has 0 saturated heterocycles. The molecule has 0 bridgehead atoms. The number of hydrogen-bond acceptors (Lipinski definition) is 6. The normalized spacial score (nSPS) is 13.3. The summed E-state index contributed by atoms with van der Waals surface area (Å²) in [4.78, 5) is 60.2. The highest BCUT2D eigenvalue weighted by Crippen LogP contribution is 2.19. The van der Waals surface area contributed by atoms with Crippen LogP contribution in [0.3, 0.4) is 0 Å². The van der Waals surface area contributed by atoms with Gasteiger partial charge in [0.15, 0.2) is 0 Å². The van der Waals surface area contributed by atoms with Gasteiger partial charge in [-0.05, 0) is 49.8 Å². The SMILES string of the molecule is CCCCCCCC(=O)CCCCCC/C=C/C(C(=O)N[C@@H](Cc1ccc(OCCC)cc1)C(=O)O)[C@H](C=O)CC(=O)O. The van der Waals surface area contributed by atoms with Crippen LogP contribution in [0.2, 0.25) is 0 Å². The predicted octanol–water partition coefficient (Wildman–Crippen LogP) is 6.32. The quantitative estimate of drug-likeness (QED) is 0.0635. The zero-order chi connectivity index (χ0) is 31.9. The minimum absolute atomic E-state index is 0.0115. The lowest BCUT2D eigenvalue weighted by Crippen LogP contribution is -2.46. The van der Waals surface area contributed by atoms with Gasteiger partial charge in [0, 0.05) is 25.2 Å². The highest BCUT2D eigenvalue weighted by Gasteiger charge is 2.31. The van der Waals surface area contributed by atoms with Crippen LogP contribution in [0.15, 0.2) is 36.4 Å². The van der Waals surface area contributed by atoms with Gasteiger partial charge >= 0.3 is 11.9 Å². The number of unbranched alkanes of at least 4 members (excludes halogenated alkanes) is 8. The number of carboxylic acids is 2. The number of carbonyl (C=O) groups is 5. The lowest BCUT2D eigenvalue weighted by atomic mass is 9.88. The maximum Gasteiger partial charge on any atom is 0.326 e. The molecule has 1 unspecified atom stereocenters. The highest BCUT2D eigenvalue weighted by atomic mass is 16.5. The number of carboxylic acid groups (broad SMARTS) is 2. The van der Waals surface area contributed by atoms with Crippen LogP contribution in [-0.2, 0) is 30.4 Å². The van der Waals surface area contributed by atoms with Crippen molar-refractivity contribution in [1.29, 1.82) is 0 Å². The summed E-state index contributed by atoms with van der Waals surface area (Å²) in [5, 5.41) is 21.5. The third-order valence-electron chi connectivity index (χ3n) is 7.28. The lowest BCUT2D eigenvalue weighted by molar-refractivity contribution is -0.144. The molecule has 0 aliphatic carbocycles. The van der Waals surface area contributed by atoms with Gasteiger partial charge in [-0.3, -0.25) is 14.4 Å². The molecule has 1 aromatic carbocycles. The van der Waals surface area contributed by atoms with Gasteiger partial charge in [-0.25, -0.2) is 4.79 Å². The number of amides is 1. The summed E-state index contributed by atoms with van der Waals surface area (Å²) in [7, 11) is 0. The number of carbonyl (C=O) groups excluding carboxylic acids is 3. The van der Waals surface area contributed by atoms with Crippen molar-refractivity contribution in [3.63, 3.8) is 0 Å². The van der Waals surface area contributed by atoms with E-state index >= 15 is 0 Å². The summed E-state index contributed by atoms with van der Waals surface area (Å²) < 4.78 is 5.55. The fraction of sp³-hybridized carbons (Fsp3) is 0.618. The molecule has 240 valence electrons. The van der Waals surface area contributed by atoms with Crippen molar-refractivity contribution in [3.05, 3.63) is 42.0 Å². The van der Waals surface area contributed by atoms with E-state index in [1.165, 1.54) is 25.3 Å². The minimum atomic E-state index is -1.26. The Bertz CT molecular complexity index is 1000. The van der Waals surface area contributed by atoms with Crippen LogP contribution < -0.4 is 10.1 Å². The summed E-state index contributed by atoms with van der Waals surface area (Å²) in [6, 6.07) is 5.67. The molecule has 0 saturated carbocycles. The molecule has 3 N–H and O–H groups in total. The van der Waals surface area contributed by atoms with E-state index in [0.29, 0.717) is 49.3 Å². The van der Waals surface area contributed by atoms with Gasteiger partial charge in [-0.15, -0.1) is 0 Å². The molecule has 0 aromatic heterocycles. The molecule has 9 nitrogen and oxygen atoms in total. The fourth-order valence-corrected chi connectivity index (χ4v) is 4.76. The second-order valence-electron chi connectivity index (χ2n) is 11.1. The van der Waals surface area contributed by atoms with Crippen molar-refractivity contribution in [3.8, 4) is 5.75 Å². The van der Waals surface area contributed by atoms with Crippen LogP contribution in [0.25, 0.3) is 0 Å². The lowest BCUT2D eigenvalue weighted by Gasteiger charge is -2.21. The predicted molar refractivity (Wildman–Crippen MR) is 166 cm³/mol. The number of aldehydes is 1. The largest absolute Gasteiger partial charge is 0.494 e. The van der Waals surface area contributed by atoms with Gasteiger partial charge in [-0.2, -0.15) is 0 Å². The van der Waals surface area contributed by atoms with Crippen LogP contribution in [-0.4, -0.2) is 52.8 Å². The van der Waals surface area contributed by atoms with Crippen molar-refractivity contribution in [2.24, 2.45) is 11.8 Å². The van der Waals surface area contributed by atoms with E-state index in [0.717, 1.165) is 44.9 Å². The molecule has 1 amide bonds. The summed E-state index contributed by atoms with van der Waals surface area (Å²) in [6.45, 7) is 4.73. The zero-order valence-electron chi connectivity index (χ0n) is 25.9. The maximum absolute atomic E-state index is 13.2. The van der Waals surface area contributed by atoms with E-state index in [-0.39, 0.29) is 6.42 Å². The number of nitrogens with one attached hydrogen (secondary N) is 1. The van der Waals surface area contributed by atoms with Gasteiger partial charge < -0.3 is 25.1 Å². The molecule has 0 radical (unpaired) electrons. The standard InChI is InChI=1S/C34H51NO8/c1-3-5-6-9-12-15-28(37)16-13-10-7-8-11-14-17-30(27(25-36)24-32(38)39)33(40)35-31(34(41)42)23-26-18-20-29(21-19-26)43-22-4-2/h14,17-21,25,27,30-31H,3-13,15-16,22-24H2,1-2H3,(H,35,40)(H,38,39)(H,41,42)/b17-14+/t27-,30?,31-/m0/s1. The van der Waals surface area contributed by atoms with E-state index in [9.17, 15) is 34.2 Å². The van der Waals surface area contributed by atoms with Crippen LogP contribution in [0.5, 0.6) is 5.75 Å². The summed E-state index contributed by atoms with van der Waals surface area (Å²) >= 11 is 0. The van der Waals surface area contributed by atoms with Gasteiger partial charge in [0.1, 0.15) is 23.9 Å². The van der Waals surface area contributed by atoms with Gasteiger partial charge in [-0.1, -0.05) is 76.7 Å². The molecule has 1 aromatic rings. The number of ketones is 1. The molecule has 0 aliphatic rings. The van der Waals surface area contributed by atoms with Gasteiger partial charge in [0.05, 0.1) is 18.9 Å². The Balaban J connectivity index is 2.65. The summed E-state index contributed by atoms with van der Waals surface area (Å²) in [6.07, 6.45) is 15.1. The number of ether oxygens (including phenoxy) is 1. The molecule has 43 heavy (non-hydrogen) atoms. The molecular formula is C34H51NO8. The topological polar surface area (TPSA) is 147 Å². The van der Waals surface area contributed by atoms with E-state index in [1.807, 2.05) is 6.92 Å². The second-order valence-corrected chi connectivity index (χ2v) is 11.1. The van der Waals surface area contributed by atoms with Crippen molar-refractivity contribution in [1.82, 2.24) is 5.32 Å². The van der Waals surface area contributed by atoms with Crippen LogP contribution in [0, 0.1) is 11.8 Å². The minimum Gasteiger partial charge on any atom is -0.494 e. The third-order valence-corrected chi connectivity index (χ3v) is 7.28. The van der Waals surface area contributed by atoms with Gasteiger partial charge in [0.25, 0.3) is 0 Å². The van der Waals surface area contributed by atoms with Crippen molar-refractivity contribution < 1.29 is 38.9 Å². The molecular weight excluding hydrogens is 550 g/mol. The van der Waals surface area contributed by atoms with E-state index in [2.05, 4.69) is 12.2 Å². The molecule has 0 aliphatic heterocycles. The van der Waals surface area contributed by atoms with Crippen molar-refractivity contribution in [2.75, 3.05) is 6.61 Å². The molecule has 3 atom stereocenters. The van der Waals surface area contributed by atoms with Crippen LogP contribution >= 0.6 is 0 Å². The Morgan fingerprint density at radius 1 is 0.860 bits per heavy atom. The first-order chi connectivity index (χ1) is 20.7. The van der Waals surface area contributed by atoms with Gasteiger partial charge in [0.2, 0.25) is 5.91 Å². The van der Waals surface area contributed by atoms with Crippen molar-refractivity contribution in [2.45, 2.75) is 116 Å². The first-order valence-corrected chi connectivity index (χ1v) is 15.8. The first-order valence-electron chi connectivity index (χ1n) is 15.8. The number of aliphatic carboxylic acids is 2. The Kier molecular flexibility index (Phi) is 20.1. The Labute approximate surface area is 256 Å². The van der Waals surface area contributed by atoms with Crippen LogP contribution in [0.4, 0.5) is 0 Å². The molecule has 9 heteroatoms. The summed E-state index contributed by atoms with van der Waals surface area (Å²) in [5.74, 6) is -4.44. The zero-order valence-corrected chi connectivity index (χ0v) is 25.9. The summed E-state index contributed by atoms with van der Waals surface area (Å²) in [5.41, 5.74) is 0.676. The number of benzene rings is 1. The Morgan fingerprint density at radius 2 is 1.49 bits per heavy atom. The number of allylic oxidation sites excluding steroid dienone is 1. The average molecular weight is 602 g/mol. The highest BCUT2D eigenvalue weighted by molar-refractivity contribution is 5.89. The molecule has 0 spiro atoms. The third kappa shape index (κ3) is 17.3. The number of hydrogen-bond donors (Lipinski definition) is 3. The second kappa shape index (κ2) is 23.0. The van der Waals surface area contributed by atoms with Crippen LogP contribution in [0.1, 0.15) is 109 Å². The molecule has 0 fully saturated rings. The maximum atomic E-state index is 13.2. The average Bonchev–Trinajstić information content (AvgIpc) is 2.98. The first kappa shape index (κ1) is 37.5. The smallest absolute Gasteiger partial charge is 0.326 e. The van der Waals surface area contributed by atoms with Crippen molar-refractivity contribution >= 4 is 29.9 Å². The van der Waals surface area contributed by atoms with E-state index in [4.69, 9.17) is 4.74 Å². The monoisotopic (exact) mass is 601 g/mol. The number of Topliss-reactive ketones (excluding diaryl/α,β-unsaturated/α-hetero) is 1. The molecule has 1 rings (SSSR count). The Morgan fingerprint density at radius 3 is 2.05 bits per heavy atom. The number of rotatable bonds is 26. The van der Waals surface area contributed by atoms with E-state index < -0.39 is 42.1 Å². The molecule has 0 heterocycles. The Hall–Kier alpha value is -3.49.